The van der Waals surface area contributed by atoms with E-state index in [2.05, 4.69) is 34.3 Å². The van der Waals surface area contributed by atoms with Gasteiger partial charge in [-0.15, -0.1) is 5.10 Å². The van der Waals surface area contributed by atoms with Crippen molar-refractivity contribution < 1.29 is 285 Å². The summed E-state index contributed by atoms with van der Waals surface area (Å²) in [4.78, 5) is 39.4. The van der Waals surface area contributed by atoms with E-state index in [9.17, 15) is 55.9 Å². The number of amides is 3. The Bertz CT molecular complexity index is 2520. The van der Waals surface area contributed by atoms with Crippen molar-refractivity contribution in [3.63, 3.8) is 0 Å². The SMILES string of the molecule is CNC(=O)c1nn(-c2cc(SOO[O-])ccc2S(=O)(=O)[O-])c(O)c1C=CC(=C/C=C1\C(=O)N(c2cc(SOO[O-])ccc2S(=O)(=O)[O-])N=C1OC(C)N)N1CCCC1=O.[K+].[K+].[K+].[K+]. The maximum absolute atomic E-state index is 13.9. The quantitative estimate of drug-likeness (QED) is 0.0175. The van der Waals surface area contributed by atoms with Crippen LogP contribution in [-0.4, -0.2) is 89.2 Å². The second-order valence-electron chi connectivity index (χ2n) is 11.7. The van der Waals surface area contributed by atoms with Crippen LogP contribution in [0.2, 0.25) is 0 Å². The number of aromatic hydroxyl groups is 1. The maximum atomic E-state index is 13.9. The number of nitrogens with two attached hydrogens (primary N) is 1. The molecule has 1 saturated heterocycles. The molecule has 32 heteroatoms. The van der Waals surface area contributed by atoms with Crippen molar-refractivity contribution in [2.24, 2.45) is 10.8 Å². The topological polar surface area (TPSA) is 353 Å². The number of benzene rings is 2. The number of rotatable bonds is 16. The molecule has 1 unspecified atom stereocenters. The van der Waals surface area contributed by atoms with E-state index in [1.165, 1.54) is 31.0 Å². The van der Waals surface area contributed by atoms with Crippen LogP contribution in [0.3, 0.4) is 0 Å². The molecule has 0 saturated carbocycles. The van der Waals surface area contributed by atoms with E-state index in [0.717, 1.165) is 48.6 Å². The second-order valence-corrected chi connectivity index (χ2v) is 15.9. The van der Waals surface area contributed by atoms with Gasteiger partial charge in [0.2, 0.25) is 17.7 Å². The Morgan fingerprint density at radius 1 is 0.952 bits per heavy atom. The summed E-state index contributed by atoms with van der Waals surface area (Å²) in [6.07, 6.45) is 4.10. The number of carbonyl (C=O) groups excluding carboxylic acids is 3. The first kappa shape index (κ1) is 62.4. The summed E-state index contributed by atoms with van der Waals surface area (Å²) in [5.74, 6) is -3.68. The largest absolute Gasteiger partial charge is 1.00 e. The number of hydrazone groups is 1. The van der Waals surface area contributed by atoms with Crippen LogP contribution < -0.4 is 232 Å². The predicted molar refractivity (Wildman–Crippen MR) is 193 cm³/mol. The maximum Gasteiger partial charge on any atom is 1.00 e. The van der Waals surface area contributed by atoms with Crippen LogP contribution in [0.25, 0.3) is 11.8 Å². The molecule has 2 aromatic carbocycles. The fourth-order valence-electron chi connectivity index (χ4n) is 5.45. The van der Waals surface area contributed by atoms with Gasteiger partial charge in [-0.05, 0) is 74.0 Å². The third-order valence-corrected chi connectivity index (χ3v) is 10.8. The Morgan fingerprint density at radius 3 is 2.00 bits per heavy atom. The van der Waals surface area contributed by atoms with Gasteiger partial charge in [-0.25, -0.2) is 16.8 Å². The van der Waals surface area contributed by atoms with Gasteiger partial charge in [0.25, 0.3) is 11.8 Å². The number of allylic oxidation sites excluding steroid dienone is 3. The number of ether oxygens (including phenoxy) is 1. The molecule has 316 valence electrons. The Hall–Kier alpha value is 1.34. The number of anilines is 1. The van der Waals surface area contributed by atoms with E-state index < -0.39 is 82.8 Å². The summed E-state index contributed by atoms with van der Waals surface area (Å²) in [5, 5.41) is 49.6. The molecule has 5 rings (SSSR count). The van der Waals surface area contributed by atoms with Gasteiger partial charge in [-0.2, -0.15) is 23.5 Å². The smallest absolute Gasteiger partial charge is 0.744 e. The van der Waals surface area contributed by atoms with Gasteiger partial charge in [0, 0.05) is 35.5 Å². The fourth-order valence-corrected chi connectivity index (χ4v) is 7.50. The number of carbonyl (C=O) groups is 3. The third-order valence-electron chi connectivity index (χ3n) is 7.88. The Labute approximate surface area is 537 Å². The van der Waals surface area contributed by atoms with Crippen LogP contribution in [0.1, 0.15) is 35.8 Å². The first-order valence-corrected chi connectivity index (χ1v) is 20.5. The average molecular weight is 1050 g/mol. The minimum Gasteiger partial charge on any atom is -0.744 e. The molecule has 0 bridgehead atoms. The normalized spacial score (nSPS) is 15.4. The number of likely N-dealkylation sites (tertiary alicyclic amines) is 1. The summed E-state index contributed by atoms with van der Waals surface area (Å²) in [7, 11) is -9.27. The number of hydrogen-bond donors (Lipinski definition) is 3. The van der Waals surface area contributed by atoms with Crippen LogP contribution in [0, 0.1) is 0 Å². The molecule has 24 nitrogen and oxygen atoms in total. The summed E-state index contributed by atoms with van der Waals surface area (Å²) >= 11 is 0.637. The van der Waals surface area contributed by atoms with E-state index in [1.807, 2.05) is 0 Å². The molecule has 3 heterocycles. The molecule has 2 aliphatic heterocycles. The Balaban J connectivity index is 0.00000496. The fraction of sp³-hybridized carbons (Fsp3) is 0.194. The van der Waals surface area contributed by atoms with E-state index >= 15 is 0 Å². The van der Waals surface area contributed by atoms with Gasteiger partial charge in [-0.1, -0.05) is 0 Å². The standard InChI is InChI=1S/C31H31N7O17S4.4K/c1-16(32)51-29-21(31(42)38(35-29)23-15-19(57-55-53-44)8-12-25(23)59(48,49)50)10-6-17(36-13-3-4-26(36)39)5-9-20-27(28(40)33-2)34-37(30(20)41)22-14-18(56-54-52-43)7-11-24(22)58(45,46)47;;;;/h5-12,14-16,41,43-44H,3-4,13,32H2,1-2H3,(H,33,40)(H,45,46,47)(H,48,49,50);;;;/q;4*+1/p-4/b9-5?,17-6?,21-10-;;;;. The number of aromatic nitrogens is 2. The van der Waals surface area contributed by atoms with Crippen molar-refractivity contribution >= 4 is 79.7 Å². The Morgan fingerprint density at radius 2 is 1.51 bits per heavy atom. The molecule has 1 fully saturated rings. The molecule has 2 aliphatic rings. The molecular weight excluding hydrogens is 1030 g/mol. The van der Waals surface area contributed by atoms with Crippen LogP contribution in [0.15, 0.2) is 90.6 Å². The Kier molecular flexibility index (Phi) is 28.0. The molecule has 1 aromatic heterocycles. The van der Waals surface area contributed by atoms with Crippen molar-refractivity contribution in [2.75, 3.05) is 18.6 Å². The van der Waals surface area contributed by atoms with Gasteiger partial charge >= 0.3 is 206 Å². The van der Waals surface area contributed by atoms with Gasteiger partial charge in [-0.3, -0.25) is 30.2 Å². The summed E-state index contributed by atoms with van der Waals surface area (Å²) in [5.41, 5.74) is 3.46. The zero-order chi connectivity index (χ0) is 43.2. The minimum absolute atomic E-state index is 0. The van der Waals surface area contributed by atoms with Crippen molar-refractivity contribution in [3.05, 3.63) is 77.2 Å². The zero-order valence-electron chi connectivity index (χ0n) is 33.9. The van der Waals surface area contributed by atoms with Crippen LogP contribution in [-0.2, 0) is 53.3 Å². The number of nitrogens with one attached hydrogen (secondary N) is 1. The summed E-state index contributed by atoms with van der Waals surface area (Å²) in [6, 6.07) is 5.84. The molecule has 3 aromatic rings. The van der Waals surface area contributed by atoms with E-state index in [1.54, 1.807) is 0 Å². The predicted octanol–water partition coefficient (Wildman–Crippen LogP) is -12.6. The van der Waals surface area contributed by atoms with E-state index in [-0.39, 0.29) is 245 Å². The summed E-state index contributed by atoms with van der Waals surface area (Å²) in [6.45, 7) is 1.53. The number of nitrogens with zero attached hydrogens (tertiary/aromatic N) is 5. The van der Waals surface area contributed by atoms with Crippen LogP contribution >= 0.6 is 24.1 Å². The van der Waals surface area contributed by atoms with Crippen molar-refractivity contribution in [3.8, 4) is 11.6 Å². The molecule has 63 heavy (non-hydrogen) atoms. The number of hydrogen-bond acceptors (Lipinski definition) is 22. The monoisotopic (exact) mass is 1050 g/mol. The molecule has 1 atom stereocenters. The zero-order valence-corrected chi connectivity index (χ0v) is 49.7. The average Bonchev–Trinajstić information content (AvgIpc) is 3.85. The van der Waals surface area contributed by atoms with Crippen LogP contribution in [0.5, 0.6) is 5.88 Å². The molecule has 0 aliphatic carbocycles. The molecule has 4 N–H and O–H groups in total. The molecular formula is C31H27K4N7O17S4. The first-order valence-electron chi connectivity index (χ1n) is 16.2. The van der Waals surface area contributed by atoms with Gasteiger partial charge in [0.1, 0.15) is 32.0 Å². The minimum atomic E-state index is -5.25. The van der Waals surface area contributed by atoms with Crippen molar-refractivity contribution in [1.29, 1.82) is 0 Å². The van der Waals surface area contributed by atoms with E-state index in [4.69, 9.17) is 10.5 Å². The molecule has 0 radical (unpaired) electrons. The van der Waals surface area contributed by atoms with E-state index in [0.29, 0.717) is 40.2 Å². The van der Waals surface area contributed by atoms with Crippen molar-refractivity contribution in [2.45, 2.75) is 45.6 Å². The van der Waals surface area contributed by atoms with Crippen LogP contribution in [0.4, 0.5) is 5.69 Å². The second kappa shape index (κ2) is 28.3. The molecule has 0 spiro atoms. The first-order chi connectivity index (χ1) is 27.9. The van der Waals surface area contributed by atoms with Gasteiger partial charge in [0.05, 0.1) is 50.8 Å². The van der Waals surface area contributed by atoms with Crippen molar-refractivity contribution in [1.82, 2.24) is 20.0 Å². The van der Waals surface area contributed by atoms with Gasteiger partial charge in [0.15, 0.2) is 5.69 Å². The summed E-state index contributed by atoms with van der Waals surface area (Å²) < 4.78 is 87.7. The van der Waals surface area contributed by atoms with Gasteiger partial charge < -0.3 is 39.7 Å². The molecule has 3 amide bonds. The third kappa shape index (κ3) is 16.2.